The second-order valence-corrected chi connectivity index (χ2v) is 11.1. The Labute approximate surface area is 247 Å². The number of ketones is 1. The molecule has 0 heterocycles. The predicted octanol–water partition coefficient (Wildman–Crippen LogP) is 2.66. The molecule has 0 saturated heterocycles. The first kappa shape index (κ1) is 36.9. The minimum absolute atomic E-state index is 0.116. The summed E-state index contributed by atoms with van der Waals surface area (Å²) in [6.07, 6.45) is -3.95. The second-order valence-electron chi connectivity index (χ2n) is 11.1. The fraction of sp³-hybridized carbons (Fsp3) is 0.613. The van der Waals surface area contributed by atoms with Crippen molar-refractivity contribution in [3.8, 4) is 0 Å². The van der Waals surface area contributed by atoms with Gasteiger partial charge in [0.25, 0.3) is 0 Å². The number of hydrogen-bond acceptors (Lipinski definition) is 11. The normalized spacial score (nSPS) is 27.2. The summed E-state index contributed by atoms with van der Waals surface area (Å²) in [7, 11) is 1.39. The molecule has 0 aromatic rings. The number of rotatable bonds is 12. The summed E-state index contributed by atoms with van der Waals surface area (Å²) in [5.41, 5.74) is -3.19. The molecule has 1 aliphatic carbocycles. The van der Waals surface area contributed by atoms with Crippen LogP contribution in [0.3, 0.4) is 0 Å². The van der Waals surface area contributed by atoms with Crippen molar-refractivity contribution in [1.29, 1.82) is 0 Å². The lowest BCUT2D eigenvalue weighted by molar-refractivity contribution is -0.210. The maximum Gasteiger partial charge on any atom is 0.334 e. The lowest BCUT2D eigenvalue weighted by atomic mass is 9.68. The van der Waals surface area contributed by atoms with E-state index in [1.807, 2.05) is 0 Å². The third-order valence-electron chi connectivity index (χ3n) is 7.91. The fourth-order valence-corrected chi connectivity index (χ4v) is 4.12. The van der Waals surface area contributed by atoms with Crippen LogP contribution in [0.25, 0.3) is 0 Å². The lowest BCUT2D eigenvalue weighted by Crippen LogP contribution is -2.68. The first-order valence-corrected chi connectivity index (χ1v) is 13.7. The molecule has 0 aromatic carbocycles. The molecule has 3 N–H and O–H groups in total. The molecule has 0 radical (unpaired) electrons. The van der Waals surface area contributed by atoms with E-state index in [9.17, 15) is 34.5 Å². The lowest BCUT2D eigenvalue weighted by Gasteiger charge is -2.47. The standard InChI is InChI=1S/C31H46O11/c1-12-16(4)27(35)40-20(15-21(32)30(8,9)39-11)19(7)22-23(33)26(42-29(37)18(6)14-3)31(10,38)25(34)24(22)41-28(36)17(5)13-2/h12-14,20-24,26,32-33,38H,7,15H2,1-6,8-11H3. The van der Waals surface area contributed by atoms with Gasteiger partial charge in [0.15, 0.2) is 17.8 Å². The minimum Gasteiger partial charge on any atom is -0.454 e. The Morgan fingerprint density at radius 1 is 0.976 bits per heavy atom. The van der Waals surface area contributed by atoms with Gasteiger partial charge in [0.1, 0.15) is 12.2 Å². The van der Waals surface area contributed by atoms with Crippen molar-refractivity contribution in [2.24, 2.45) is 5.92 Å². The SMILES string of the molecule is C=C(C(CC(O)C(C)(C)OC)OC(=O)C(C)=CC)C1C(OC(=O)C(C)=CC)C(=O)C(C)(O)C(OC(=O)C(C)=CC)C1O. The first-order chi connectivity index (χ1) is 19.3. The van der Waals surface area contributed by atoms with Gasteiger partial charge in [-0.05, 0) is 67.9 Å². The van der Waals surface area contributed by atoms with E-state index in [0.717, 1.165) is 6.92 Å². The Morgan fingerprint density at radius 3 is 1.88 bits per heavy atom. The van der Waals surface area contributed by atoms with Crippen LogP contribution in [-0.4, -0.2) is 87.8 Å². The molecule has 1 aliphatic rings. The number of esters is 3. The maximum atomic E-state index is 13.7. The number of ether oxygens (including phenoxy) is 4. The highest BCUT2D eigenvalue weighted by molar-refractivity contribution is 5.97. The van der Waals surface area contributed by atoms with Gasteiger partial charge in [0, 0.05) is 30.2 Å². The van der Waals surface area contributed by atoms with Gasteiger partial charge in [-0.1, -0.05) is 24.8 Å². The number of carbonyl (C=O) groups is 4. The monoisotopic (exact) mass is 594 g/mol. The van der Waals surface area contributed by atoms with Crippen LogP contribution in [0.15, 0.2) is 47.1 Å². The van der Waals surface area contributed by atoms with E-state index in [0.29, 0.717) is 0 Å². The van der Waals surface area contributed by atoms with Gasteiger partial charge >= 0.3 is 17.9 Å². The molecule has 1 rings (SSSR count). The average Bonchev–Trinajstić information content (AvgIpc) is 2.95. The third-order valence-corrected chi connectivity index (χ3v) is 7.91. The summed E-state index contributed by atoms with van der Waals surface area (Å²) in [5.74, 6) is -5.17. The van der Waals surface area contributed by atoms with Crippen molar-refractivity contribution in [1.82, 2.24) is 0 Å². The number of methoxy groups -OCH3 is 1. The smallest absolute Gasteiger partial charge is 0.334 e. The van der Waals surface area contributed by atoms with Crippen LogP contribution in [0.5, 0.6) is 0 Å². The summed E-state index contributed by atoms with van der Waals surface area (Å²) in [6.45, 7) is 17.5. The van der Waals surface area contributed by atoms with Gasteiger partial charge in [-0.15, -0.1) is 0 Å². The number of allylic oxidation sites excluding steroid dienone is 3. The number of aliphatic hydroxyl groups is 3. The molecule has 0 aromatic heterocycles. The molecule has 0 amide bonds. The molecule has 0 aliphatic heterocycles. The Bertz CT molecular complexity index is 1140. The number of carbonyl (C=O) groups excluding carboxylic acids is 4. The molecule has 1 fully saturated rings. The van der Waals surface area contributed by atoms with Crippen LogP contribution in [0.2, 0.25) is 0 Å². The van der Waals surface area contributed by atoms with Crippen LogP contribution in [0.4, 0.5) is 0 Å². The van der Waals surface area contributed by atoms with Gasteiger partial charge in [-0.3, -0.25) is 4.79 Å². The Hall–Kier alpha value is -3.12. The van der Waals surface area contributed by atoms with Crippen LogP contribution in [0.1, 0.15) is 68.7 Å². The highest BCUT2D eigenvalue weighted by atomic mass is 16.6. The van der Waals surface area contributed by atoms with Crippen molar-refractivity contribution < 1.29 is 53.4 Å². The quantitative estimate of drug-likeness (QED) is 0.132. The van der Waals surface area contributed by atoms with Crippen molar-refractivity contribution in [3.05, 3.63) is 47.1 Å². The molecule has 236 valence electrons. The van der Waals surface area contributed by atoms with Crippen LogP contribution in [-0.2, 0) is 38.1 Å². The fourth-order valence-electron chi connectivity index (χ4n) is 4.12. The Kier molecular flexibility index (Phi) is 13.1. The molecule has 7 unspecified atom stereocenters. The van der Waals surface area contributed by atoms with Gasteiger partial charge in [-0.25, -0.2) is 14.4 Å². The van der Waals surface area contributed by atoms with Crippen molar-refractivity contribution >= 4 is 23.7 Å². The van der Waals surface area contributed by atoms with E-state index in [1.54, 1.807) is 34.6 Å². The Morgan fingerprint density at radius 2 is 1.43 bits per heavy atom. The topological polar surface area (TPSA) is 166 Å². The zero-order valence-electron chi connectivity index (χ0n) is 26.2. The number of Topliss-reactive ketones (excluding diaryl/α,β-unsaturated/α-hetero) is 1. The van der Waals surface area contributed by atoms with Gasteiger partial charge in [0.05, 0.1) is 17.6 Å². The molecule has 1 saturated carbocycles. The molecule has 0 bridgehead atoms. The zero-order chi connectivity index (χ0) is 32.7. The zero-order valence-corrected chi connectivity index (χ0v) is 26.2. The summed E-state index contributed by atoms with van der Waals surface area (Å²) in [6, 6.07) is 0. The molecule has 42 heavy (non-hydrogen) atoms. The highest BCUT2D eigenvalue weighted by Gasteiger charge is 2.61. The predicted molar refractivity (Wildman–Crippen MR) is 154 cm³/mol. The maximum absolute atomic E-state index is 13.7. The van der Waals surface area contributed by atoms with Gasteiger partial charge in [-0.2, -0.15) is 0 Å². The molecule has 11 nitrogen and oxygen atoms in total. The van der Waals surface area contributed by atoms with E-state index in [1.165, 1.54) is 46.1 Å². The van der Waals surface area contributed by atoms with Crippen molar-refractivity contribution in [3.63, 3.8) is 0 Å². The van der Waals surface area contributed by atoms with Crippen LogP contribution < -0.4 is 0 Å². The van der Waals surface area contributed by atoms with Crippen LogP contribution >= 0.6 is 0 Å². The minimum atomic E-state index is -2.49. The summed E-state index contributed by atoms with van der Waals surface area (Å²) >= 11 is 0. The molecular formula is C31H46O11. The molecular weight excluding hydrogens is 548 g/mol. The second kappa shape index (κ2) is 14.9. The van der Waals surface area contributed by atoms with E-state index in [2.05, 4.69) is 6.58 Å². The largest absolute Gasteiger partial charge is 0.454 e. The van der Waals surface area contributed by atoms with E-state index in [-0.39, 0.29) is 28.7 Å². The van der Waals surface area contributed by atoms with Crippen molar-refractivity contribution in [2.45, 2.75) is 110 Å². The summed E-state index contributed by atoms with van der Waals surface area (Å²) in [4.78, 5) is 52.0. The van der Waals surface area contributed by atoms with Gasteiger partial charge < -0.3 is 34.3 Å². The summed E-state index contributed by atoms with van der Waals surface area (Å²) in [5, 5.41) is 33.8. The van der Waals surface area contributed by atoms with Crippen LogP contribution in [0, 0.1) is 5.92 Å². The van der Waals surface area contributed by atoms with Crippen molar-refractivity contribution in [2.75, 3.05) is 7.11 Å². The number of aliphatic hydroxyl groups excluding tert-OH is 2. The van der Waals surface area contributed by atoms with E-state index >= 15 is 0 Å². The average molecular weight is 595 g/mol. The summed E-state index contributed by atoms with van der Waals surface area (Å²) < 4.78 is 22.0. The van der Waals surface area contributed by atoms with E-state index in [4.69, 9.17) is 18.9 Å². The molecule has 11 heteroatoms. The molecule has 7 atom stereocenters. The van der Waals surface area contributed by atoms with E-state index < -0.39 is 71.3 Å². The molecule has 0 spiro atoms. The first-order valence-electron chi connectivity index (χ1n) is 13.7. The van der Waals surface area contributed by atoms with Gasteiger partial charge in [0.2, 0.25) is 5.78 Å². The third kappa shape index (κ3) is 8.25. The number of hydrogen-bond donors (Lipinski definition) is 3. The Balaban J connectivity index is 3.79. The highest BCUT2D eigenvalue weighted by Crippen LogP contribution is 2.40.